The van der Waals surface area contributed by atoms with Crippen LogP contribution in [0, 0.1) is 0 Å². The molecule has 1 aliphatic rings. The summed E-state index contributed by atoms with van der Waals surface area (Å²) in [6, 6.07) is 6.07. The molecule has 0 radical (unpaired) electrons. The van der Waals surface area contributed by atoms with Crippen molar-refractivity contribution in [2.75, 3.05) is 26.1 Å². The molecule has 2 aromatic rings. The predicted molar refractivity (Wildman–Crippen MR) is 73.1 cm³/mol. The maximum Gasteiger partial charge on any atom is 0.149 e. The number of hydrogen-bond acceptors (Lipinski definition) is 4. The maximum absolute atomic E-state index is 5.93. The fourth-order valence-electron chi connectivity index (χ4n) is 2.42. The van der Waals surface area contributed by atoms with Crippen molar-refractivity contribution >= 4 is 5.69 Å². The summed E-state index contributed by atoms with van der Waals surface area (Å²) < 4.78 is 12.7. The Kier molecular flexibility index (Phi) is 3.13. The van der Waals surface area contributed by atoms with E-state index in [1.807, 2.05) is 35.3 Å². The van der Waals surface area contributed by atoms with Crippen LogP contribution in [0.25, 0.3) is 11.1 Å². The van der Waals surface area contributed by atoms with Crippen molar-refractivity contribution in [3.05, 3.63) is 30.6 Å². The highest BCUT2D eigenvalue weighted by Gasteiger charge is 2.19. The number of nitrogens with zero attached hydrogens (tertiary/aromatic N) is 2. The van der Waals surface area contributed by atoms with Crippen LogP contribution in [-0.4, -0.2) is 30.1 Å². The van der Waals surface area contributed by atoms with Gasteiger partial charge >= 0.3 is 0 Å². The summed E-state index contributed by atoms with van der Waals surface area (Å²) in [5, 5.41) is 4.42. The first-order chi connectivity index (χ1) is 9.29. The first-order valence-corrected chi connectivity index (χ1v) is 6.34. The highest BCUT2D eigenvalue weighted by atomic mass is 16.5. The highest BCUT2D eigenvalue weighted by molar-refractivity contribution is 5.76. The molecule has 0 spiro atoms. The lowest BCUT2D eigenvalue weighted by atomic mass is 10.1. The van der Waals surface area contributed by atoms with Crippen molar-refractivity contribution in [2.24, 2.45) is 0 Å². The summed E-state index contributed by atoms with van der Waals surface area (Å²) in [4.78, 5) is 0. The summed E-state index contributed by atoms with van der Waals surface area (Å²) in [5.74, 6) is 0.699. The Balaban J connectivity index is 1.96. The number of rotatable bonds is 3. The SMILES string of the molecule is COc1c(N)cccc1-c1cnn([C@H]2CCOC2)c1. The zero-order chi connectivity index (χ0) is 13.2. The second-order valence-corrected chi connectivity index (χ2v) is 4.65. The largest absolute Gasteiger partial charge is 0.494 e. The van der Waals surface area contributed by atoms with Gasteiger partial charge in [0.2, 0.25) is 0 Å². The van der Waals surface area contributed by atoms with E-state index in [-0.39, 0.29) is 0 Å². The van der Waals surface area contributed by atoms with Crippen LogP contribution in [0.5, 0.6) is 5.75 Å². The molecule has 0 unspecified atom stereocenters. The zero-order valence-electron chi connectivity index (χ0n) is 10.9. The average Bonchev–Trinajstić information content (AvgIpc) is 3.09. The number of anilines is 1. The second kappa shape index (κ2) is 4.93. The van der Waals surface area contributed by atoms with Gasteiger partial charge in [-0.3, -0.25) is 4.68 Å². The number of nitrogens with two attached hydrogens (primary N) is 1. The molecule has 1 aromatic carbocycles. The molecule has 2 N–H and O–H groups in total. The number of aromatic nitrogens is 2. The molecular weight excluding hydrogens is 242 g/mol. The first kappa shape index (κ1) is 12.0. The van der Waals surface area contributed by atoms with Gasteiger partial charge in [-0.1, -0.05) is 12.1 Å². The molecule has 0 amide bonds. The second-order valence-electron chi connectivity index (χ2n) is 4.65. The molecule has 19 heavy (non-hydrogen) atoms. The van der Waals surface area contributed by atoms with Crippen molar-refractivity contribution in [1.82, 2.24) is 9.78 Å². The van der Waals surface area contributed by atoms with Crippen molar-refractivity contribution in [1.29, 1.82) is 0 Å². The quantitative estimate of drug-likeness (QED) is 0.857. The van der Waals surface area contributed by atoms with E-state index in [1.165, 1.54) is 0 Å². The van der Waals surface area contributed by atoms with Crippen LogP contribution in [0.4, 0.5) is 5.69 Å². The van der Waals surface area contributed by atoms with E-state index in [0.717, 1.165) is 30.8 Å². The van der Waals surface area contributed by atoms with Crippen molar-refractivity contribution in [3.63, 3.8) is 0 Å². The Hall–Kier alpha value is -2.01. The van der Waals surface area contributed by atoms with Crippen molar-refractivity contribution in [3.8, 4) is 16.9 Å². The Labute approximate surface area is 111 Å². The molecule has 3 rings (SSSR count). The summed E-state index contributed by atoms with van der Waals surface area (Å²) >= 11 is 0. The van der Waals surface area contributed by atoms with Gasteiger partial charge in [-0.05, 0) is 12.5 Å². The van der Waals surface area contributed by atoms with E-state index in [1.54, 1.807) is 7.11 Å². The monoisotopic (exact) mass is 259 g/mol. The highest BCUT2D eigenvalue weighted by Crippen LogP contribution is 2.35. The van der Waals surface area contributed by atoms with Crippen LogP contribution in [0.3, 0.4) is 0 Å². The first-order valence-electron chi connectivity index (χ1n) is 6.34. The Morgan fingerprint density at radius 3 is 3.11 bits per heavy atom. The van der Waals surface area contributed by atoms with E-state index in [0.29, 0.717) is 17.5 Å². The van der Waals surface area contributed by atoms with E-state index < -0.39 is 0 Å². The molecule has 1 saturated heterocycles. The third-order valence-electron chi connectivity index (χ3n) is 3.44. The van der Waals surface area contributed by atoms with Gasteiger partial charge in [-0.2, -0.15) is 5.10 Å². The number of hydrogen-bond donors (Lipinski definition) is 1. The number of methoxy groups -OCH3 is 1. The van der Waals surface area contributed by atoms with Crippen LogP contribution >= 0.6 is 0 Å². The predicted octanol–water partition coefficient (Wildman–Crippen LogP) is 2.10. The molecule has 1 fully saturated rings. The standard InChI is InChI=1S/C14H17N3O2/c1-18-14-12(3-2-4-13(14)15)10-7-16-17(8-10)11-5-6-19-9-11/h2-4,7-8,11H,5-6,9,15H2,1H3/t11-/m0/s1. The van der Waals surface area contributed by atoms with Crippen LogP contribution in [0.15, 0.2) is 30.6 Å². The molecule has 100 valence electrons. The van der Waals surface area contributed by atoms with Gasteiger partial charge in [-0.25, -0.2) is 0 Å². The Morgan fingerprint density at radius 1 is 1.47 bits per heavy atom. The van der Waals surface area contributed by atoms with E-state index in [9.17, 15) is 0 Å². The zero-order valence-corrected chi connectivity index (χ0v) is 10.9. The molecule has 5 nitrogen and oxygen atoms in total. The van der Waals surface area contributed by atoms with Crippen molar-refractivity contribution < 1.29 is 9.47 Å². The van der Waals surface area contributed by atoms with Crippen molar-refractivity contribution in [2.45, 2.75) is 12.5 Å². The maximum atomic E-state index is 5.93. The van der Waals surface area contributed by atoms with Crippen LogP contribution in [-0.2, 0) is 4.74 Å². The van der Waals surface area contributed by atoms with Gasteiger partial charge in [0.1, 0.15) is 5.75 Å². The topological polar surface area (TPSA) is 62.3 Å². The average molecular weight is 259 g/mol. The molecule has 0 bridgehead atoms. The number of ether oxygens (including phenoxy) is 2. The number of nitrogen functional groups attached to an aromatic ring is 1. The third kappa shape index (κ3) is 2.17. The van der Waals surface area contributed by atoms with E-state index >= 15 is 0 Å². The third-order valence-corrected chi connectivity index (χ3v) is 3.44. The molecule has 1 aromatic heterocycles. The van der Waals surface area contributed by atoms with Crippen LogP contribution in [0.1, 0.15) is 12.5 Å². The van der Waals surface area contributed by atoms with Gasteiger partial charge in [0.15, 0.2) is 0 Å². The molecule has 0 aliphatic carbocycles. The molecule has 5 heteroatoms. The van der Waals surface area contributed by atoms with E-state index in [2.05, 4.69) is 5.10 Å². The summed E-state index contributed by atoms with van der Waals surface area (Å²) in [6.07, 6.45) is 4.88. The molecule has 1 atom stereocenters. The van der Waals surface area contributed by atoms with Crippen LogP contribution < -0.4 is 10.5 Å². The molecular formula is C14H17N3O2. The minimum absolute atomic E-state index is 0.334. The van der Waals surface area contributed by atoms with Gasteiger partial charge in [0.05, 0.1) is 31.6 Å². The van der Waals surface area contributed by atoms with Gasteiger partial charge in [0, 0.05) is 23.9 Å². The summed E-state index contributed by atoms with van der Waals surface area (Å²) in [6.45, 7) is 1.54. The summed E-state index contributed by atoms with van der Waals surface area (Å²) in [7, 11) is 1.63. The summed E-state index contributed by atoms with van der Waals surface area (Å²) in [5.41, 5.74) is 8.54. The van der Waals surface area contributed by atoms with E-state index in [4.69, 9.17) is 15.2 Å². The molecule has 0 saturated carbocycles. The normalized spacial score (nSPS) is 18.7. The van der Waals surface area contributed by atoms with Crippen LogP contribution in [0.2, 0.25) is 0 Å². The molecule has 1 aliphatic heterocycles. The molecule has 2 heterocycles. The lowest BCUT2D eigenvalue weighted by Crippen LogP contribution is -2.08. The Morgan fingerprint density at radius 2 is 2.37 bits per heavy atom. The number of para-hydroxylation sites is 1. The van der Waals surface area contributed by atoms with Gasteiger partial charge in [0.25, 0.3) is 0 Å². The fraction of sp³-hybridized carbons (Fsp3) is 0.357. The Bertz CT molecular complexity index is 574. The van der Waals surface area contributed by atoms with Gasteiger partial charge in [-0.15, -0.1) is 0 Å². The lowest BCUT2D eigenvalue weighted by Gasteiger charge is -2.10. The fourth-order valence-corrected chi connectivity index (χ4v) is 2.42. The number of benzene rings is 1. The minimum Gasteiger partial charge on any atom is -0.494 e. The lowest BCUT2D eigenvalue weighted by molar-refractivity contribution is 0.184. The van der Waals surface area contributed by atoms with Gasteiger partial charge < -0.3 is 15.2 Å². The minimum atomic E-state index is 0.334. The smallest absolute Gasteiger partial charge is 0.149 e.